The van der Waals surface area contributed by atoms with Gasteiger partial charge in [-0.05, 0) is 23.6 Å². The summed E-state index contributed by atoms with van der Waals surface area (Å²) in [6.45, 7) is 0. The van der Waals surface area contributed by atoms with Crippen LogP contribution < -0.4 is 10.6 Å². The monoisotopic (exact) mass is 366 g/mol. The number of nitrogens with zero attached hydrogens (tertiary/aromatic N) is 2. The zero-order chi connectivity index (χ0) is 16.4. The molecule has 0 saturated heterocycles. The van der Waals surface area contributed by atoms with Crippen LogP contribution in [-0.2, 0) is 7.05 Å². The van der Waals surface area contributed by atoms with Crippen LogP contribution in [0.5, 0.6) is 0 Å². The highest BCUT2D eigenvalue weighted by molar-refractivity contribution is 7.13. The van der Waals surface area contributed by atoms with Gasteiger partial charge in [-0.3, -0.25) is 10.00 Å². The molecular formula is C15H12Cl2N4OS. The summed E-state index contributed by atoms with van der Waals surface area (Å²) in [4.78, 5) is 13.2. The molecule has 0 fully saturated rings. The second-order valence-electron chi connectivity index (χ2n) is 4.70. The van der Waals surface area contributed by atoms with E-state index in [0.717, 1.165) is 10.6 Å². The maximum Gasteiger partial charge on any atom is 0.324 e. The Morgan fingerprint density at radius 1 is 1.22 bits per heavy atom. The zero-order valence-electron chi connectivity index (χ0n) is 12.0. The van der Waals surface area contributed by atoms with Crippen molar-refractivity contribution in [1.29, 1.82) is 0 Å². The lowest BCUT2D eigenvalue weighted by molar-refractivity contribution is 0.262. The predicted octanol–water partition coefficient (Wildman–Crippen LogP) is 5.10. The third-order valence-electron chi connectivity index (χ3n) is 3.09. The van der Waals surface area contributed by atoms with Gasteiger partial charge in [0, 0.05) is 13.1 Å². The highest BCUT2D eigenvalue weighted by Gasteiger charge is 2.12. The smallest absolute Gasteiger partial charge is 0.306 e. The van der Waals surface area contributed by atoms with Crippen LogP contribution in [0.3, 0.4) is 0 Å². The molecule has 0 unspecified atom stereocenters. The van der Waals surface area contributed by atoms with Crippen molar-refractivity contribution in [1.82, 2.24) is 9.78 Å². The second-order valence-corrected chi connectivity index (χ2v) is 6.43. The first-order chi connectivity index (χ1) is 11.0. The van der Waals surface area contributed by atoms with Gasteiger partial charge >= 0.3 is 6.03 Å². The van der Waals surface area contributed by atoms with Crippen molar-refractivity contribution in [3.63, 3.8) is 0 Å². The average molecular weight is 367 g/mol. The summed E-state index contributed by atoms with van der Waals surface area (Å²) >= 11 is 13.6. The Labute approximate surface area is 146 Å². The van der Waals surface area contributed by atoms with E-state index in [1.54, 1.807) is 41.3 Å². The minimum absolute atomic E-state index is 0.300. The summed E-state index contributed by atoms with van der Waals surface area (Å²) < 4.78 is 1.61. The minimum Gasteiger partial charge on any atom is -0.306 e. The first-order valence-electron chi connectivity index (χ1n) is 6.64. The number of thiophene rings is 1. The summed E-state index contributed by atoms with van der Waals surface area (Å²) in [5.41, 5.74) is 1.25. The molecule has 3 rings (SSSR count). The van der Waals surface area contributed by atoms with Crippen molar-refractivity contribution >= 4 is 52.1 Å². The molecule has 8 heteroatoms. The molecule has 0 atom stereocenters. The number of halogens is 2. The Morgan fingerprint density at radius 3 is 2.78 bits per heavy atom. The number of aromatic nitrogens is 2. The zero-order valence-corrected chi connectivity index (χ0v) is 14.3. The van der Waals surface area contributed by atoms with Crippen LogP contribution in [0, 0.1) is 0 Å². The summed E-state index contributed by atoms with van der Waals surface area (Å²) in [6, 6.07) is 10.4. The highest BCUT2D eigenvalue weighted by atomic mass is 35.5. The van der Waals surface area contributed by atoms with Crippen LogP contribution in [0.25, 0.3) is 10.6 Å². The van der Waals surface area contributed by atoms with E-state index in [9.17, 15) is 4.79 Å². The predicted molar refractivity (Wildman–Crippen MR) is 95.6 cm³/mol. The number of rotatable bonds is 3. The van der Waals surface area contributed by atoms with Gasteiger partial charge in [0.15, 0.2) is 0 Å². The van der Waals surface area contributed by atoms with E-state index in [1.165, 1.54) is 0 Å². The summed E-state index contributed by atoms with van der Waals surface area (Å²) in [6.07, 6.45) is 0. The van der Waals surface area contributed by atoms with Gasteiger partial charge < -0.3 is 5.32 Å². The Morgan fingerprint density at radius 2 is 2.04 bits per heavy atom. The lowest BCUT2D eigenvalue weighted by Crippen LogP contribution is -2.21. The fourth-order valence-corrected chi connectivity index (χ4v) is 3.03. The SMILES string of the molecule is Cn1nc(-c2cccs2)cc1NC(=O)Nc1cccc(Cl)c1Cl. The molecule has 2 amide bonds. The van der Waals surface area contributed by atoms with Crippen LogP contribution in [-0.4, -0.2) is 15.8 Å². The van der Waals surface area contributed by atoms with E-state index < -0.39 is 6.03 Å². The van der Waals surface area contributed by atoms with Crippen molar-refractivity contribution in [2.24, 2.45) is 7.05 Å². The molecule has 0 aliphatic heterocycles. The molecule has 0 spiro atoms. The first-order valence-corrected chi connectivity index (χ1v) is 8.28. The molecule has 0 aliphatic carbocycles. The van der Waals surface area contributed by atoms with Crippen LogP contribution in [0.4, 0.5) is 16.3 Å². The van der Waals surface area contributed by atoms with Crippen molar-refractivity contribution in [2.45, 2.75) is 0 Å². The number of hydrogen-bond acceptors (Lipinski definition) is 3. The molecule has 2 heterocycles. The largest absolute Gasteiger partial charge is 0.324 e. The molecule has 0 radical (unpaired) electrons. The number of urea groups is 1. The lowest BCUT2D eigenvalue weighted by atomic mass is 10.3. The van der Waals surface area contributed by atoms with E-state index in [-0.39, 0.29) is 0 Å². The van der Waals surface area contributed by atoms with Crippen LogP contribution in [0.1, 0.15) is 0 Å². The topological polar surface area (TPSA) is 59.0 Å². The average Bonchev–Trinajstić information content (AvgIpc) is 3.14. The molecule has 3 aromatic rings. The number of benzene rings is 1. The maximum atomic E-state index is 12.1. The van der Waals surface area contributed by atoms with E-state index in [2.05, 4.69) is 15.7 Å². The van der Waals surface area contributed by atoms with Gasteiger partial charge in [0.2, 0.25) is 0 Å². The quantitative estimate of drug-likeness (QED) is 0.677. The Bertz CT molecular complexity index is 845. The fraction of sp³-hybridized carbons (Fsp3) is 0.0667. The fourth-order valence-electron chi connectivity index (χ4n) is 2.00. The molecular weight excluding hydrogens is 355 g/mol. The number of hydrogen-bond donors (Lipinski definition) is 2. The highest BCUT2D eigenvalue weighted by Crippen LogP contribution is 2.30. The van der Waals surface area contributed by atoms with Crippen molar-refractivity contribution < 1.29 is 4.79 Å². The normalized spacial score (nSPS) is 10.6. The molecule has 118 valence electrons. The van der Waals surface area contributed by atoms with Gasteiger partial charge in [0.1, 0.15) is 11.5 Å². The standard InChI is InChI=1S/C15H12Cl2N4OS/c1-21-13(8-11(20-21)12-6-3-7-23-12)19-15(22)18-10-5-2-4-9(16)14(10)17/h2-8H,1H3,(H2,18,19,22). The maximum absolute atomic E-state index is 12.1. The number of aryl methyl sites for hydroxylation is 1. The van der Waals surface area contributed by atoms with Crippen LogP contribution in [0.15, 0.2) is 41.8 Å². The van der Waals surface area contributed by atoms with E-state index in [0.29, 0.717) is 21.6 Å². The first kappa shape index (κ1) is 15.9. The van der Waals surface area contributed by atoms with E-state index in [1.807, 2.05) is 23.6 Å². The van der Waals surface area contributed by atoms with Crippen LogP contribution >= 0.6 is 34.5 Å². The molecule has 0 saturated carbocycles. The molecule has 5 nitrogen and oxygen atoms in total. The van der Waals surface area contributed by atoms with Crippen LogP contribution in [0.2, 0.25) is 10.0 Å². The third kappa shape index (κ3) is 3.50. The number of amides is 2. The molecule has 2 aromatic heterocycles. The molecule has 2 N–H and O–H groups in total. The van der Waals surface area contributed by atoms with Gasteiger partial charge in [0.25, 0.3) is 0 Å². The lowest BCUT2D eigenvalue weighted by Gasteiger charge is -2.09. The van der Waals surface area contributed by atoms with Gasteiger partial charge in [-0.25, -0.2) is 4.79 Å². The second kappa shape index (κ2) is 6.62. The number of nitrogens with one attached hydrogen (secondary N) is 2. The molecule has 23 heavy (non-hydrogen) atoms. The summed E-state index contributed by atoms with van der Waals surface area (Å²) in [5.74, 6) is 0.573. The summed E-state index contributed by atoms with van der Waals surface area (Å²) in [5, 5.41) is 12.4. The van der Waals surface area contributed by atoms with Gasteiger partial charge in [0.05, 0.1) is 20.6 Å². The Balaban J connectivity index is 1.74. The Hall–Kier alpha value is -2.02. The molecule has 0 aliphatic rings. The van der Waals surface area contributed by atoms with Gasteiger partial charge in [-0.2, -0.15) is 5.10 Å². The number of carbonyl (C=O) groups excluding carboxylic acids is 1. The van der Waals surface area contributed by atoms with Gasteiger partial charge in [-0.15, -0.1) is 11.3 Å². The Kier molecular flexibility index (Phi) is 4.56. The molecule has 0 bridgehead atoms. The van der Waals surface area contributed by atoms with Crippen molar-refractivity contribution in [3.05, 3.63) is 51.8 Å². The van der Waals surface area contributed by atoms with Gasteiger partial charge in [-0.1, -0.05) is 35.3 Å². The number of carbonyl (C=O) groups is 1. The number of anilines is 2. The van der Waals surface area contributed by atoms with Crippen molar-refractivity contribution in [3.8, 4) is 10.6 Å². The minimum atomic E-state index is -0.421. The van der Waals surface area contributed by atoms with Crippen molar-refractivity contribution in [2.75, 3.05) is 10.6 Å². The third-order valence-corrected chi connectivity index (χ3v) is 4.81. The summed E-state index contributed by atoms with van der Waals surface area (Å²) in [7, 11) is 1.76. The van der Waals surface area contributed by atoms with E-state index >= 15 is 0 Å². The van der Waals surface area contributed by atoms with E-state index in [4.69, 9.17) is 23.2 Å². The molecule has 1 aromatic carbocycles.